The van der Waals surface area contributed by atoms with Gasteiger partial charge in [-0.3, -0.25) is 13.9 Å². The van der Waals surface area contributed by atoms with E-state index in [-0.39, 0.29) is 23.3 Å². The molecule has 0 aromatic heterocycles. The second-order valence-electron chi connectivity index (χ2n) is 10.8. The van der Waals surface area contributed by atoms with Crippen molar-refractivity contribution in [2.45, 2.75) is 65.4 Å². The Balaban J connectivity index is 2.08. The predicted octanol–water partition coefficient (Wildman–Crippen LogP) is 6.04. The Labute approximate surface area is 249 Å². The number of benzene rings is 3. The number of carbonyl (C=O) groups excluding carboxylic acids is 2. The van der Waals surface area contributed by atoms with Crippen molar-refractivity contribution < 1.29 is 18.0 Å². The van der Waals surface area contributed by atoms with Crippen LogP contribution in [0.5, 0.6) is 0 Å². The van der Waals surface area contributed by atoms with E-state index in [1.807, 2.05) is 58.9 Å². The van der Waals surface area contributed by atoms with Gasteiger partial charge in [-0.15, -0.1) is 0 Å². The van der Waals surface area contributed by atoms with Crippen LogP contribution < -0.4 is 9.62 Å². The highest BCUT2D eigenvalue weighted by molar-refractivity contribution is 7.92. The Kier molecular flexibility index (Phi) is 11.0. The summed E-state index contributed by atoms with van der Waals surface area (Å²) < 4.78 is 29.2. The zero-order valence-electron chi connectivity index (χ0n) is 24.6. The van der Waals surface area contributed by atoms with Crippen molar-refractivity contribution in [2.75, 3.05) is 17.4 Å². The van der Waals surface area contributed by atoms with Crippen LogP contribution in [0.2, 0.25) is 5.02 Å². The normalized spacial score (nSPS) is 12.2. The van der Waals surface area contributed by atoms with E-state index in [1.165, 1.54) is 17.0 Å². The fourth-order valence-electron chi connectivity index (χ4n) is 4.60. The predicted molar refractivity (Wildman–Crippen MR) is 166 cm³/mol. The number of hydrogen-bond acceptors (Lipinski definition) is 4. The monoisotopic (exact) mass is 597 g/mol. The number of hydrogen-bond donors (Lipinski definition) is 1. The van der Waals surface area contributed by atoms with Crippen LogP contribution in [-0.4, -0.2) is 44.3 Å². The molecule has 0 spiro atoms. The van der Waals surface area contributed by atoms with E-state index in [2.05, 4.69) is 5.32 Å². The molecule has 0 heterocycles. The molecule has 9 heteroatoms. The average molecular weight is 598 g/mol. The van der Waals surface area contributed by atoms with Gasteiger partial charge in [-0.05, 0) is 74.6 Å². The molecule has 0 bridgehead atoms. The molecule has 7 nitrogen and oxygen atoms in total. The number of anilines is 1. The number of halogens is 1. The molecule has 0 radical (unpaired) electrons. The molecule has 0 unspecified atom stereocenters. The van der Waals surface area contributed by atoms with Crippen molar-refractivity contribution in [3.05, 3.63) is 94.0 Å². The molecule has 220 valence electrons. The van der Waals surface area contributed by atoms with Gasteiger partial charge in [-0.1, -0.05) is 79.9 Å². The van der Waals surface area contributed by atoms with Crippen molar-refractivity contribution in [3.8, 4) is 0 Å². The molecule has 0 aliphatic heterocycles. The molecule has 3 aromatic rings. The molecular formula is C32H40ClN3O4S. The standard InChI is InChI=1S/C32H40ClN3O4S/c1-7-29(32(38)34-19-22(2)3)35(20-26-10-8-9-24(5)17-26)31(37)21-36(30-16-13-27(33)18-25(30)6)41(39,40)28-14-11-23(4)12-15-28/h8-18,22,29H,7,19-21H2,1-6H3,(H,34,38)/t29-/m0/s1. The number of nitrogens with zero attached hydrogens (tertiary/aromatic N) is 2. The third-order valence-electron chi connectivity index (χ3n) is 6.82. The Morgan fingerprint density at radius 2 is 1.61 bits per heavy atom. The Morgan fingerprint density at radius 1 is 0.927 bits per heavy atom. The van der Waals surface area contributed by atoms with Crippen LogP contribution in [0.3, 0.4) is 0 Å². The summed E-state index contributed by atoms with van der Waals surface area (Å²) in [6, 6.07) is 18.3. The van der Waals surface area contributed by atoms with Gasteiger partial charge in [0.1, 0.15) is 12.6 Å². The molecule has 1 N–H and O–H groups in total. The van der Waals surface area contributed by atoms with Crippen molar-refractivity contribution in [1.82, 2.24) is 10.2 Å². The van der Waals surface area contributed by atoms with E-state index < -0.39 is 28.5 Å². The minimum absolute atomic E-state index is 0.0669. The maximum Gasteiger partial charge on any atom is 0.264 e. The fourth-order valence-corrected chi connectivity index (χ4v) is 6.30. The minimum atomic E-state index is -4.15. The lowest BCUT2D eigenvalue weighted by atomic mass is 10.1. The number of sulfonamides is 1. The van der Waals surface area contributed by atoms with Gasteiger partial charge in [0.15, 0.2) is 0 Å². The smallest absolute Gasteiger partial charge is 0.264 e. The van der Waals surface area contributed by atoms with Crippen LogP contribution in [0.1, 0.15) is 49.4 Å². The van der Waals surface area contributed by atoms with Gasteiger partial charge in [0, 0.05) is 18.1 Å². The lowest BCUT2D eigenvalue weighted by molar-refractivity contribution is -0.140. The lowest BCUT2D eigenvalue weighted by Gasteiger charge is -2.33. The Morgan fingerprint density at radius 3 is 2.20 bits per heavy atom. The molecule has 3 rings (SSSR count). The zero-order chi connectivity index (χ0) is 30.3. The summed E-state index contributed by atoms with van der Waals surface area (Å²) in [6.07, 6.45) is 0.367. The van der Waals surface area contributed by atoms with Gasteiger partial charge in [0.2, 0.25) is 11.8 Å². The Hall–Kier alpha value is -3.36. The average Bonchev–Trinajstić information content (AvgIpc) is 2.91. The summed E-state index contributed by atoms with van der Waals surface area (Å²) in [5.41, 5.74) is 3.73. The molecule has 0 saturated carbocycles. The van der Waals surface area contributed by atoms with Crippen LogP contribution in [0.15, 0.2) is 71.6 Å². The maximum atomic E-state index is 14.2. The molecule has 0 saturated heterocycles. The van der Waals surface area contributed by atoms with E-state index in [1.54, 1.807) is 37.3 Å². The van der Waals surface area contributed by atoms with Gasteiger partial charge < -0.3 is 10.2 Å². The number of aryl methyl sites for hydroxylation is 3. The highest BCUT2D eigenvalue weighted by atomic mass is 35.5. The van der Waals surface area contributed by atoms with Crippen LogP contribution in [0.25, 0.3) is 0 Å². The molecule has 2 amide bonds. The molecule has 0 aliphatic rings. The summed E-state index contributed by atoms with van der Waals surface area (Å²) in [7, 11) is -4.15. The van der Waals surface area contributed by atoms with E-state index >= 15 is 0 Å². The molecular weight excluding hydrogens is 558 g/mol. The topological polar surface area (TPSA) is 86.8 Å². The highest BCUT2D eigenvalue weighted by Crippen LogP contribution is 2.29. The van der Waals surface area contributed by atoms with Crippen LogP contribution in [0, 0.1) is 26.7 Å². The summed E-state index contributed by atoms with van der Waals surface area (Å²) in [5.74, 6) is -0.513. The molecule has 1 atom stereocenters. The van der Waals surface area contributed by atoms with Crippen molar-refractivity contribution >= 4 is 39.1 Å². The largest absolute Gasteiger partial charge is 0.354 e. The van der Waals surface area contributed by atoms with Crippen LogP contribution >= 0.6 is 11.6 Å². The Bertz CT molecular complexity index is 1470. The first-order chi connectivity index (χ1) is 19.3. The SMILES string of the molecule is CC[C@@H](C(=O)NCC(C)C)N(Cc1cccc(C)c1)C(=O)CN(c1ccc(Cl)cc1C)S(=O)(=O)c1ccc(C)cc1. The first kappa shape index (κ1) is 32.2. The third kappa shape index (κ3) is 8.33. The lowest BCUT2D eigenvalue weighted by Crippen LogP contribution is -2.52. The van der Waals surface area contributed by atoms with E-state index in [4.69, 9.17) is 11.6 Å². The molecule has 0 aliphatic carbocycles. The first-order valence-electron chi connectivity index (χ1n) is 13.8. The fraction of sp³-hybridized carbons (Fsp3) is 0.375. The maximum absolute atomic E-state index is 14.2. The minimum Gasteiger partial charge on any atom is -0.354 e. The summed E-state index contributed by atoms with van der Waals surface area (Å²) in [5, 5.41) is 3.41. The number of amides is 2. The zero-order valence-corrected chi connectivity index (χ0v) is 26.2. The number of carbonyl (C=O) groups is 2. The van der Waals surface area contributed by atoms with Crippen LogP contribution in [-0.2, 0) is 26.2 Å². The van der Waals surface area contributed by atoms with E-state index in [0.717, 1.165) is 21.0 Å². The third-order valence-corrected chi connectivity index (χ3v) is 8.83. The summed E-state index contributed by atoms with van der Waals surface area (Å²) in [6.45, 7) is 11.6. The van der Waals surface area contributed by atoms with Crippen molar-refractivity contribution in [1.29, 1.82) is 0 Å². The molecule has 0 fully saturated rings. The highest BCUT2D eigenvalue weighted by Gasteiger charge is 2.34. The van der Waals surface area contributed by atoms with Crippen molar-refractivity contribution in [2.24, 2.45) is 5.92 Å². The number of rotatable bonds is 12. The van der Waals surface area contributed by atoms with Gasteiger partial charge in [0.25, 0.3) is 10.0 Å². The molecule has 41 heavy (non-hydrogen) atoms. The first-order valence-corrected chi connectivity index (χ1v) is 15.6. The van der Waals surface area contributed by atoms with E-state index in [9.17, 15) is 18.0 Å². The second-order valence-corrected chi connectivity index (χ2v) is 13.1. The van der Waals surface area contributed by atoms with Gasteiger partial charge in [-0.25, -0.2) is 8.42 Å². The van der Waals surface area contributed by atoms with Gasteiger partial charge >= 0.3 is 0 Å². The summed E-state index contributed by atoms with van der Waals surface area (Å²) in [4.78, 5) is 29.1. The number of nitrogens with one attached hydrogen (secondary N) is 1. The van der Waals surface area contributed by atoms with Gasteiger partial charge in [-0.2, -0.15) is 0 Å². The molecule has 3 aromatic carbocycles. The van der Waals surface area contributed by atoms with Gasteiger partial charge in [0.05, 0.1) is 10.6 Å². The van der Waals surface area contributed by atoms with E-state index in [0.29, 0.717) is 29.2 Å². The van der Waals surface area contributed by atoms with Crippen LogP contribution in [0.4, 0.5) is 5.69 Å². The van der Waals surface area contributed by atoms with Crippen molar-refractivity contribution in [3.63, 3.8) is 0 Å². The summed E-state index contributed by atoms with van der Waals surface area (Å²) >= 11 is 6.19. The second kappa shape index (κ2) is 14.0. The quantitative estimate of drug-likeness (QED) is 0.276.